The number of anilines is 1. The first-order valence-corrected chi connectivity index (χ1v) is 12.0. The van der Waals surface area contributed by atoms with Gasteiger partial charge in [0.15, 0.2) is 5.16 Å². The van der Waals surface area contributed by atoms with Gasteiger partial charge in [-0.2, -0.15) is 0 Å². The van der Waals surface area contributed by atoms with Crippen LogP contribution in [0, 0.1) is 13.8 Å². The van der Waals surface area contributed by atoms with Gasteiger partial charge in [0.1, 0.15) is 5.82 Å². The number of benzene rings is 2. The molecule has 0 aliphatic carbocycles. The molecule has 0 atom stereocenters. The number of thioether (sulfide) groups is 1. The zero-order valence-corrected chi connectivity index (χ0v) is 19.5. The Hall–Kier alpha value is -2.61. The van der Waals surface area contributed by atoms with Crippen LogP contribution in [0.1, 0.15) is 21.8 Å². The molecule has 2 heterocycles. The van der Waals surface area contributed by atoms with Crippen molar-refractivity contribution in [2.45, 2.75) is 25.4 Å². The molecule has 0 bridgehead atoms. The van der Waals surface area contributed by atoms with E-state index in [1.165, 1.54) is 22.2 Å². The van der Waals surface area contributed by atoms with E-state index < -0.39 is 0 Å². The Kier molecular flexibility index (Phi) is 6.75. The van der Waals surface area contributed by atoms with Crippen molar-refractivity contribution in [3.63, 3.8) is 0 Å². The summed E-state index contributed by atoms with van der Waals surface area (Å²) in [6.45, 7) is 3.97. The molecular formula is C23H21ClN4OS2. The van der Waals surface area contributed by atoms with Crippen LogP contribution in [0.15, 0.2) is 65.1 Å². The van der Waals surface area contributed by atoms with Crippen LogP contribution in [0.3, 0.4) is 0 Å². The summed E-state index contributed by atoms with van der Waals surface area (Å²) in [4.78, 5) is 13.8. The van der Waals surface area contributed by atoms with Crippen molar-refractivity contribution >= 4 is 46.3 Å². The van der Waals surface area contributed by atoms with Crippen molar-refractivity contribution in [2.24, 2.45) is 0 Å². The number of amides is 1. The molecule has 8 heteroatoms. The molecule has 4 rings (SSSR count). The topological polar surface area (TPSA) is 59.8 Å². The van der Waals surface area contributed by atoms with E-state index in [0.717, 1.165) is 22.8 Å². The third-order valence-electron chi connectivity index (χ3n) is 4.70. The maximum atomic E-state index is 12.6. The van der Waals surface area contributed by atoms with Crippen LogP contribution in [0.2, 0.25) is 5.02 Å². The lowest BCUT2D eigenvalue weighted by molar-refractivity contribution is -0.113. The highest BCUT2D eigenvalue weighted by molar-refractivity contribution is 7.99. The second-order valence-corrected chi connectivity index (χ2v) is 9.53. The van der Waals surface area contributed by atoms with E-state index >= 15 is 0 Å². The third kappa shape index (κ3) is 5.36. The number of thiophene rings is 1. The number of nitrogens with one attached hydrogen (secondary N) is 1. The normalized spacial score (nSPS) is 10.9. The number of aryl methyl sites for hydroxylation is 2. The fraction of sp³-hybridized carbons (Fsp3) is 0.174. The van der Waals surface area contributed by atoms with Gasteiger partial charge in [-0.25, -0.2) is 0 Å². The van der Waals surface area contributed by atoms with Crippen molar-refractivity contribution in [2.75, 3.05) is 11.1 Å². The molecule has 0 spiro atoms. The maximum absolute atomic E-state index is 12.6. The predicted octanol–water partition coefficient (Wildman–Crippen LogP) is 5.92. The van der Waals surface area contributed by atoms with Crippen LogP contribution in [-0.4, -0.2) is 26.4 Å². The van der Waals surface area contributed by atoms with Crippen molar-refractivity contribution in [1.82, 2.24) is 14.8 Å². The molecule has 5 nitrogen and oxygen atoms in total. The van der Waals surface area contributed by atoms with Gasteiger partial charge in [-0.05, 0) is 61.2 Å². The Morgan fingerprint density at radius 2 is 1.94 bits per heavy atom. The average molecular weight is 469 g/mol. The van der Waals surface area contributed by atoms with E-state index in [-0.39, 0.29) is 11.7 Å². The van der Waals surface area contributed by atoms with E-state index in [2.05, 4.69) is 58.1 Å². The molecule has 0 fully saturated rings. The van der Waals surface area contributed by atoms with Crippen LogP contribution < -0.4 is 5.32 Å². The first kappa shape index (κ1) is 21.6. The lowest BCUT2D eigenvalue weighted by Gasteiger charge is -2.11. The largest absolute Gasteiger partial charge is 0.325 e. The molecule has 2 aromatic heterocycles. The number of rotatable bonds is 7. The molecule has 1 N–H and O–H groups in total. The Balaban J connectivity index is 1.53. The highest BCUT2D eigenvalue weighted by Gasteiger charge is 2.17. The second-order valence-electron chi connectivity index (χ2n) is 7.12. The number of halogens is 1. The summed E-state index contributed by atoms with van der Waals surface area (Å²) in [6.07, 6.45) is 0.690. The molecule has 1 amide bonds. The molecule has 0 saturated carbocycles. The second kappa shape index (κ2) is 9.68. The lowest BCUT2D eigenvalue weighted by Crippen LogP contribution is -2.15. The third-order valence-corrected chi connectivity index (χ3v) is 6.74. The van der Waals surface area contributed by atoms with E-state index in [1.54, 1.807) is 17.4 Å². The summed E-state index contributed by atoms with van der Waals surface area (Å²) in [5.41, 5.74) is 3.85. The van der Waals surface area contributed by atoms with Gasteiger partial charge in [0.25, 0.3) is 0 Å². The maximum Gasteiger partial charge on any atom is 0.234 e. The van der Waals surface area contributed by atoms with Gasteiger partial charge in [-0.15, -0.1) is 21.5 Å². The van der Waals surface area contributed by atoms with E-state index in [4.69, 9.17) is 11.6 Å². The molecule has 4 aromatic rings. The molecule has 0 aliphatic heterocycles. The molecular weight excluding hydrogens is 448 g/mol. The first-order valence-electron chi connectivity index (χ1n) is 9.72. The van der Waals surface area contributed by atoms with Crippen LogP contribution in [0.25, 0.3) is 5.69 Å². The van der Waals surface area contributed by atoms with Crippen molar-refractivity contribution < 1.29 is 4.79 Å². The summed E-state index contributed by atoms with van der Waals surface area (Å²) in [6, 6.07) is 17.8. The predicted molar refractivity (Wildman–Crippen MR) is 129 cm³/mol. The Bertz CT molecular complexity index is 1190. The van der Waals surface area contributed by atoms with Crippen molar-refractivity contribution in [3.05, 3.63) is 86.8 Å². The monoisotopic (exact) mass is 468 g/mol. The van der Waals surface area contributed by atoms with Crippen molar-refractivity contribution in [1.29, 1.82) is 0 Å². The smallest absolute Gasteiger partial charge is 0.234 e. The quantitative estimate of drug-likeness (QED) is 0.342. The Labute approximate surface area is 194 Å². The number of hydrogen-bond donors (Lipinski definition) is 1. The van der Waals surface area contributed by atoms with Crippen LogP contribution >= 0.6 is 34.7 Å². The van der Waals surface area contributed by atoms with Crippen LogP contribution in [-0.2, 0) is 11.2 Å². The summed E-state index contributed by atoms with van der Waals surface area (Å²) in [5, 5.41) is 15.2. The van der Waals surface area contributed by atoms with E-state index in [0.29, 0.717) is 16.6 Å². The van der Waals surface area contributed by atoms with Gasteiger partial charge in [-0.3, -0.25) is 9.36 Å². The van der Waals surface area contributed by atoms with Crippen LogP contribution in [0.5, 0.6) is 0 Å². The fourth-order valence-electron chi connectivity index (χ4n) is 3.11. The molecule has 31 heavy (non-hydrogen) atoms. The van der Waals surface area contributed by atoms with Gasteiger partial charge >= 0.3 is 0 Å². The highest BCUT2D eigenvalue weighted by Crippen LogP contribution is 2.26. The zero-order valence-electron chi connectivity index (χ0n) is 17.1. The Morgan fingerprint density at radius 3 is 2.65 bits per heavy atom. The van der Waals surface area contributed by atoms with Crippen molar-refractivity contribution in [3.8, 4) is 5.69 Å². The van der Waals surface area contributed by atoms with Gasteiger partial charge in [0.2, 0.25) is 5.91 Å². The van der Waals surface area contributed by atoms with E-state index in [9.17, 15) is 4.79 Å². The number of carbonyl (C=O) groups excluding carboxylic acids is 1. The number of hydrogen-bond acceptors (Lipinski definition) is 5. The molecule has 0 unspecified atom stereocenters. The molecule has 0 saturated heterocycles. The first-order chi connectivity index (χ1) is 15.0. The van der Waals surface area contributed by atoms with Gasteiger partial charge < -0.3 is 5.32 Å². The minimum atomic E-state index is -0.103. The SMILES string of the molecule is Cc1ccc(-n2c(Cc3cccs3)nnc2SCC(=O)Nc2ccc(Cl)cc2C)cc1. The molecule has 0 aliphatic rings. The molecule has 158 valence electrons. The zero-order chi connectivity index (χ0) is 21.8. The van der Waals surface area contributed by atoms with Gasteiger partial charge in [-0.1, -0.05) is 47.1 Å². The Morgan fingerprint density at radius 1 is 1.13 bits per heavy atom. The van der Waals surface area contributed by atoms with Gasteiger partial charge in [0, 0.05) is 27.7 Å². The standard InChI is InChI=1S/C23H21ClN4OS2/c1-15-5-8-18(9-6-15)28-21(13-19-4-3-11-30-19)26-27-23(28)31-14-22(29)25-20-10-7-17(24)12-16(20)2/h3-12H,13-14H2,1-2H3,(H,25,29). The number of nitrogens with zero attached hydrogens (tertiary/aromatic N) is 3. The minimum absolute atomic E-state index is 0.103. The molecule has 2 aromatic carbocycles. The summed E-state index contributed by atoms with van der Waals surface area (Å²) in [5.74, 6) is 0.974. The number of carbonyl (C=O) groups is 1. The van der Waals surface area contributed by atoms with E-state index in [1.807, 2.05) is 29.7 Å². The van der Waals surface area contributed by atoms with Crippen LogP contribution in [0.4, 0.5) is 5.69 Å². The lowest BCUT2D eigenvalue weighted by atomic mass is 10.2. The van der Waals surface area contributed by atoms with Gasteiger partial charge in [0.05, 0.1) is 5.75 Å². The summed E-state index contributed by atoms with van der Waals surface area (Å²) in [7, 11) is 0. The summed E-state index contributed by atoms with van der Waals surface area (Å²) < 4.78 is 2.03. The fourth-order valence-corrected chi connectivity index (χ4v) is 4.81. The number of aromatic nitrogens is 3. The summed E-state index contributed by atoms with van der Waals surface area (Å²) >= 11 is 9.06. The average Bonchev–Trinajstić information content (AvgIpc) is 3.40. The molecule has 0 radical (unpaired) electrons. The highest BCUT2D eigenvalue weighted by atomic mass is 35.5. The minimum Gasteiger partial charge on any atom is -0.325 e.